The predicted octanol–water partition coefficient (Wildman–Crippen LogP) is 2.98. The van der Waals surface area contributed by atoms with Crippen LogP contribution in [0.2, 0.25) is 0 Å². The van der Waals surface area contributed by atoms with Crippen LogP contribution in [0.3, 0.4) is 0 Å². The summed E-state index contributed by atoms with van der Waals surface area (Å²) in [6, 6.07) is 17.0. The van der Waals surface area contributed by atoms with Gasteiger partial charge in [0.1, 0.15) is 6.04 Å². The minimum Gasteiger partial charge on any atom is -0.274 e. The first-order chi connectivity index (χ1) is 12.7. The molecule has 3 aliphatic rings. The number of rotatable bonds is 2. The number of benzene rings is 2. The number of fused-ring (bicyclic) bond motifs is 3. The van der Waals surface area contributed by atoms with Gasteiger partial charge in [-0.05, 0) is 36.2 Å². The number of carbonyl (C=O) groups excluding carboxylic acids is 2. The third-order valence-electron chi connectivity index (χ3n) is 5.63. The van der Waals surface area contributed by atoms with Gasteiger partial charge in [-0.15, -0.1) is 0 Å². The highest BCUT2D eigenvalue weighted by Gasteiger charge is 2.62. The lowest BCUT2D eigenvalue weighted by molar-refractivity contribution is -0.126. The number of hydrazine groups is 1. The highest BCUT2D eigenvalue weighted by Crippen LogP contribution is 2.48. The first kappa shape index (κ1) is 16.2. The average Bonchev–Trinajstić information content (AvgIpc) is 3.29. The topological polar surface area (TPSA) is 43.9 Å². The van der Waals surface area contributed by atoms with Crippen molar-refractivity contribution in [3.63, 3.8) is 0 Å². The molecule has 0 aromatic heterocycles. The molecule has 0 aliphatic carbocycles. The van der Waals surface area contributed by atoms with Gasteiger partial charge in [-0.25, -0.2) is 14.9 Å². The monoisotopic (exact) mass is 411 g/mol. The average molecular weight is 412 g/mol. The van der Waals surface area contributed by atoms with E-state index in [1.165, 1.54) is 4.90 Å². The molecule has 0 saturated carbocycles. The minimum atomic E-state index is -0.390. The van der Waals surface area contributed by atoms with E-state index in [4.69, 9.17) is 0 Å². The number of imide groups is 1. The Balaban J connectivity index is 1.58. The van der Waals surface area contributed by atoms with Gasteiger partial charge in [-0.2, -0.15) is 0 Å². The molecule has 0 N–H and O–H groups in total. The maximum absolute atomic E-state index is 13.3. The first-order valence-corrected chi connectivity index (χ1v) is 9.67. The van der Waals surface area contributed by atoms with Crippen molar-refractivity contribution in [1.82, 2.24) is 10.0 Å². The van der Waals surface area contributed by atoms with Crippen LogP contribution in [-0.4, -0.2) is 41.0 Å². The van der Waals surface area contributed by atoms with Gasteiger partial charge in [-0.1, -0.05) is 46.3 Å². The Morgan fingerprint density at radius 2 is 1.46 bits per heavy atom. The second-order valence-electron chi connectivity index (χ2n) is 6.99. The number of anilines is 1. The molecule has 0 spiro atoms. The summed E-state index contributed by atoms with van der Waals surface area (Å²) in [7, 11) is 0. The van der Waals surface area contributed by atoms with Crippen LogP contribution >= 0.6 is 15.9 Å². The highest BCUT2D eigenvalue weighted by molar-refractivity contribution is 9.10. The highest BCUT2D eigenvalue weighted by atomic mass is 79.9. The van der Waals surface area contributed by atoms with Crippen molar-refractivity contribution in [1.29, 1.82) is 0 Å². The summed E-state index contributed by atoms with van der Waals surface area (Å²) < 4.78 is 0.924. The van der Waals surface area contributed by atoms with Crippen LogP contribution in [0.5, 0.6) is 0 Å². The quantitative estimate of drug-likeness (QED) is 0.712. The number of amides is 2. The summed E-state index contributed by atoms with van der Waals surface area (Å²) >= 11 is 3.41. The Hall–Kier alpha value is -2.02. The lowest BCUT2D eigenvalue weighted by Crippen LogP contribution is -2.44. The maximum Gasteiger partial charge on any atom is 0.253 e. The second kappa shape index (κ2) is 6.01. The molecule has 3 atom stereocenters. The smallest absolute Gasteiger partial charge is 0.253 e. The normalized spacial score (nSPS) is 28.7. The van der Waals surface area contributed by atoms with Crippen LogP contribution in [-0.2, 0) is 9.59 Å². The van der Waals surface area contributed by atoms with E-state index in [9.17, 15) is 9.59 Å². The second-order valence-corrected chi connectivity index (χ2v) is 7.91. The molecule has 3 heterocycles. The fourth-order valence-corrected chi connectivity index (χ4v) is 4.87. The molecule has 3 fully saturated rings. The van der Waals surface area contributed by atoms with Gasteiger partial charge in [0.15, 0.2) is 0 Å². The van der Waals surface area contributed by atoms with E-state index in [0.29, 0.717) is 5.69 Å². The fourth-order valence-electron chi connectivity index (χ4n) is 4.61. The molecule has 0 bridgehead atoms. The van der Waals surface area contributed by atoms with Gasteiger partial charge >= 0.3 is 0 Å². The van der Waals surface area contributed by atoms with Crippen LogP contribution in [0, 0.1) is 5.92 Å². The Morgan fingerprint density at radius 3 is 2.15 bits per heavy atom. The molecular formula is C20H18BrN3O2. The molecule has 3 aliphatic heterocycles. The lowest BCUT2D eigenvalue weighted by atomic mass is 9.90. The molecule has 5 nitrogen and oxygen atoms in total. The molecular weight excluding hydrogens is 394 g/mol. The van der Waals surface area contributed by atoms with Crippen molar-refractivity contribution in [2.24, 2.45) is 5.92 Å². The molecule has 2 aromatic rings. The van der Waals surface area contributed by atoms with E-state index < -0.39 is 0 Å². The van der Waals surface area contributed by atoms with E-state index in [2.05, 4.69) is 38.1 Å². The van der Waals surface area contributed by atoms with Crippen LogP contribution in [0.1, 0.15) is 18.0 Å². The van der Waals surface area contributed by atoms with E-state index in [1.54, 1.807) is 0 Å². The Labute approximate surface area is 160 Å². The summed E-state index contributed by atoms with van der Waals surface area (Å²) in [5, 5.41) is 4.36. The molecule has 6 heteroatoms. The molecule has 2 amide bonds. The number of carbonyl (C=O) groups is 2. The lowest BCUT2D eigenvalue weighted by Gasteiger charge is -2.29. The zero-order valence-corrected chi connectivity index (χ0v) is 15.7. The van der Waals surface area contributed by atoms with Gasteiger partial charge in [0.2, 0.25) is 5.91 Å². The summed E-state index contributed by atoms with van der Waals surface area (Å²) in [5.41, 5.74) is 1.75. The van der Waals surface area contributed by atoms with E-state index in [0.717, 1.165) is 29.5 Å². The SMILES string of the molecule is O=C1[C@H]2[C@@H](C(=O)N1c1ccc(Br)cc1)N1CCCN1[C@H]2c1ccccc1. The molecule has 5 rings (SSSR count). The van der Waals surface area contributed by atoms with Gasteiger partial charge in [0.25, 0.3) is 5.91 Å². The number of nitrogens with zero attached hydrogens (tertiary/aromatic N) is 3. The summed E-state index contributed by atoms with van der Waals surface area (Å²) in [4.78, 5) is 27.9. The zero-order valence-electron chi connectivity index (χ0n) is 14.1. The van der Waals surface area contributed by atoms with E-state index in [-0.39, 0.29) is 29.8 Å². The van der Waals surface area contributed by atoms with Gasteiger partial charge in [0, 0.05) is 17.6 Å². The number of hydrogen-bond donors (Lipinski definition) is 0. The Kier molecular flexibility index (Phi) is 3.74. The predicted molar refractivity (Wildman–Crippen MR) is 101 cm³/mol. The minimum absolute atomic E-state index is 0.0689. The molecule has 3 saturated heterocycles. The van der Waals surface area contributed by atoms with Crippen LogP contribution < -0.4 is 4.90 Å². The largest absolute Gasteiger partial charge is 0.274 e. The van der Waals surface area contributed by atoms with E-state index in [1.807, 2.05) is 42.5 Å². The van der Waals surface area contributed by atoms with E-state index >= 15 is 0 Å². The van der Waals surface area contributed by atoms with Crippen molar-refractivity contribution >= 4 is 33.4 Å². The van der Waals surface area contributed by atoms with Gasteiger partial charge < -0.3 is 0 Å². The summed E-state index contributed by atoms with van der Waals surface area (Å²) in [6.07, 6.45) is 1.02. The maximum atomic E-state index is 13.3. The molecule has 2 aromatic carbocycles. The van der Waals surface area contributed by atoms with Gasteiger partial charge in [-0.3, -0.25) is 9.59 Å². The standard InChI is InChI=1S/C20H18BrN3O2/c21-14-7-9-15(10-8-14)24-19(25)16-17(13-5-2-1-3-6-13)22-11-4-12-23(22)18(16)20(24)26/h1-3,5-10,16-18H,4,11-12H2/t16-,17+,18+/m1/s1. The van der Waals surface area contributed by atoms with Crippen molar-refractivity contribution in [3.8, 4) is 0 Å². The first-order valence-electron chi connectivity index (χ1n) is 8.88. The molecule has 0 radical (unpaired) electrons. The molecule has 132 valence electrons. The molecule has 26 heavy (non-hydrogen) atoms. The summed E-state index contributed by atoms with van der Waals surface area (Å²) in [5.74, 6) is -0.549. The third kappa shape index (κ3) is 2.22. The van der Waals surface area contributed by atoms with Gasteiger partial charge in [0.05, 0.1) is 17.6 Å². The Bertz CT molecular complexity index is 870. The Morgan fingerprint density at radius 1 is 0.808 bits per heavy atom. The summed E-state index contributed by atoms with van der Waals surface area (Å²) in [6.45, 7) is 1.73. The third-order valence-corrected chi connectivity index (χ3v) is 6.16. The van der Waals surface area contributed by atoms with Crippen molar-refractivity contribution in [2.45, 2.75) is 18.5 Å². The number of halogens is 1. The van der Waals surface area contributed by atoms with Crippen molar-refractivity contribution in [3.05, 3.63) is 64.6 Å². The van der Waals surface area contributed by atoms with Crippen LogP contribution in [0.25, 0.3) is 0 Å². The van der Waals surface area contributed by atoms with Crippen molar-refractivity contribution < 1.29 is 9.59 Å². The zero-order chi connectivity index (χ0) is 17.8. The van der Waals surface area contributed by atoms with Crippen molar-refractivity contribution in [2.75, 3.05) is 18.0 Å². The number of hydrogen-bond acceptors (Lipinski definition) is 4. The van der Waals surface area contributed by atoms with Crippen LogP contribution in [0.4, 0.5) is 5.69 Å². The van der Waals surface area contributed by atoms with Crippen LogP contribution in [0.15, 0.2) is 59.1 Å². The fraction of sp³-hybridized carbons (Fsp3) is 0.300. The molecule has 0 unspecified atom stereocenters.